The van der Waals surface area contributed by atoms with Crippen molar-refractivity contribution in [1.82, 2.24) is 15.3 Å². The van der Waals surface area contributed by atoms with Crippen molar-refractivity contribution in [2.75, 3.05) is 11.9 Å². The van der Waals surface area contributed by atoms with Crippen molar-refractivity contribution in [3.8, 4) is 6.07 Å². The number of benzene rings is 1. The maximum absolute atomic E-state index is 14.3. The fourth-order valence-corrected chi connectivity index (χ4v) is 3.17. The molecule has 1 aromatic carbocycles. The van der Waals surface area contributed by atoms with Crippen molar-refractivity contribution >= 4 is 34.9 Å². The molecule has 2 aromatic heterocycles. The quantitative estimate of drug-likeness (QED) is 0.491. The van der Waals surface area contributed by atoms with Crippen LogP contribution in [0.4, 0.5) is 14.6 Å². The Kier molecular flexibility index (Phi) is 7.57. The third kappa shape index (κ3) is 6.13. The molecular formula is C22H17Cl2F2N5O. The van der Waals surface area contributed by atoms with E-state index >= 15 is 0 Å². The molecule has 6 nitrogen and oxygen atoms in total. The summed E-state index contributed by atoms with van der Waals surface area (Å²) in [7, 11) is 0. The Hall–Kier alpha value is -3.28. The van der Waals surface area contributed by atoms with Gasteiger partial charge >= 0.3 is 5.92 Å². The molecule has 0 aliphatic rings. The Morgan fingerprint density at radius 3 is 2.69 bits per heavy atom. The third-order valence-electron chi connectivity index (χ3n) is 4.44. The van der Waals surface area contributed by atoms with E-state index in [9.17, 15) is 18.8 Å². The largest absolute Gasteiger partial charge is 0.364 e. The second kappa shape index (κ2) is 10.4. The standard InChI is InChI=1S/C22H17Cl2F2N5O/c23-16-5-6-17(24)15(9-16)12-29-21(32)10-18-14(11-27)4-7-20(31-18)30-13-22(25,26)19-3-1-2-8-28-19/h1-9H,10,12-13H2,(H,29,32)(H,30,31). The predicted molar refractivity (Wildman–Crippen MR) is 118 cm³/mol. The normalized spacial score (nSPS) is 11.0. The van der Waals surface area contributed by atoms with E-state index < -0.39 is 18.4 Å². The fraction of sp³-hybridized carbons (Fsp3) is 0.182. The lowest BCUT2D eigenvalue weighted by atomic mass is 10.1. The summed E-state index contributed by atoms with van der Waals surface area (Å²) in [6.45, 7) is -0.615. The maximum Gasteiger partial charge on any atom is 0.306 e. The van der Waals surface area contributed by atoms with Gasteiger partial charge in [0.05, 0.1) is 24.2 Å². The number of rotatable bonds is 8. The van der Waals surface area contributed by atoms with Gasteiger partial charge in [-0.2, -0.15) is 14.0 Å². The molecule has 0 atom stereocenters. The molecule has 32 heavy (non-hydrogen) atoms. The Morgan fingerprint density at radius 1 is 1.16 bits per heavy atom. The van der Waals surface area contributed by atoms with Crippen molar-refractivity contribution in [2.24, 2.45) is 0 Å². The Labute approximate surface area is 193 Å². The van der Waals surface area contributed by atoms with Gasteiger partial charge in [-0.15, -0.1) is 0 Å². The van der Waals surface area contributed by atoms with E-state index in [0.717, 1.165) is 0 Å². The first-order valence-corrected chi connectivity index (χ1v) is 10.2. The highest BCUT2D eigenvalue weighted by Gasteiger charge is 2.32. The number of hydrogen-bond acceptors (Lipinski definition) is 5. The zero-order valence-electron chi connectivity index (χ0n) is 16.6. The molecule has 1 amide bonds. The molecule has 164 valence electrons. The molecule has 10 heteroatoms. The average molecular weight is 476 g/mol. The van der Waals surface area contributed by atoms with Crippen LogP contribution in [0.5, 0.6) is 0 Å². The number of carbonyl (C=O) groups excluding carboxylic acids is 1. The van der Waals surface area contributed by atoms with Crippen LogP contribution in [0.1, 0.15) is 22.5 Å². The van der Waals surface area contributed by atoms with Crippen LogP contribution in [0, 0.1) is 11.3 Å². The summed E-state index contributed by atoms with van der Waals surface area (Å²) in [5, 5.41) is 15.5. The van der Waals surface area contributed by atoms with Gasteiger partial charge in [0.15, 0.2) is 0 Å². The summed E-state index contributed by atoms with van der Waals surface area (Å²) < 4.78 is 28.7. The lowest BCUT2D eigenvalue weighted by Crippen LogP contribution is -2.27. The van der Waals surface area contributed by atoms with Gasteiger partial charge in [0, 0.05) is 22.8 Å². The van der Waals surface area contributed by atoms with Crippen LogP contribution in [-0.2, 0) is 23.7 Å². The van der Waals surface area contributed by atoms with Gasteiger partial charge in [-0.3, -0.25) is 9.78 Å². The highest BCUT2D eigenvalue weighted by atomic mass is 35.5. The molecule has 0 spiro atoms. The van der Waals surface area contributed by atoms with Crippen molar-refractivity contribution in [1.29, 1.82) is 5.26 Å². The van der Waals surface area contributed by atoms with Gasteiger partial charge in [-0.25, -0.2) is 4.98 Å². The summed E-state index contributed by atoms with van der Waals surface area (Å²) in [6, 6.07) is 13.9. The Balaban J connectivity index is 1.66. The second-order valence-electron chi connectivity index (χ2n) is 6.76. The Morgan fingerprint density at radius 2 is 1.97 bits per heavy atom. The topological polar surface area (TPSA) is 90.7 Å². The number of nitrogens with zero attached hydrogens (tertiary/aromatic N) is 3. The minimum atomic E-state index is -3.23. The smallest absolute Gasteiger partial charge is 0.306 e. The number of anilines is 1. The third-order valence-corrected chi connectivity index (χ3v) is 5.04. The van der Waals surface area contributed by atoms with Crippen LogP contribution in [0.2, 0.25) is 10.0 Å². The maximum atomic E-state index is 14.3. The lowest BCUT2D eigenvalue weighted by molar-refractivity contribution is -0.120. The van der Waals surface area contributed by atoms with E-state index in [1.807, 2.05) is 6.07 Å². The molecule has 0 saturated heterocycles. The van der Waals surface area contributed by atoms with E-state index in [-0.39, 0.29) is 35.7 Å². The molecule has 0 fully saturated rings. The van der Waals surface area contributed by atoms with Crippen LogP contribution in [0.25, 0.3) is 0 Å². The minimum Gasteiger partial charge on any atom is -0.364 e. The van der Waals surface area contributed by atoms with Gasteiger partial charge in [-0.05, 0) is 48.0 Å². The van der Waals surface area contributed by atoms with Crippen LogP contribution >= 0.6 is 23.2 Å². The lowest BCUT2D eigenvalue weighted by Gasteiger charge is -2.17. The van der Waals surface area contributed by atoms with Crippen LogP contribution < -0.4 is 10.6 Å². The van der Waals surface area contributed by atoms with Gasteiger partial charge < -0.3 is 10.6 Å². The number of nitriles is 1. The molecule has 3 aromatic rings. The van der Waals surface area contributed by atoms with Gasteiger partial charge in [0.2, 0.25) is 5.91 Å². The average Bonchev–Trinajstić information content (AvgIpc) is 2.79. The summed E-state index contributed by atoms with van der Waals surface area (Å²) in [5.74, 6) is -3.54. The molecular weight excluding hydrogens is 459 g/mol. The number of carbonyl (C=O) groups is 1. The minimum absolute atomic E-state index is 0.111. The second-order valence-corrected chi connectivity index (χ2v) is 7.61. The first-order chi connectivity index (χ1) is 15.3. The van der Waals surface area contributed by atoms with Crippen LogP contribution in [0.3, 0.4) is 0 Å². The monoisotopic (exact) mass is 475 g/mol. The highest BCUT2D eigenvalue weighted by Crippen LogP contribution is 2.26. The molecule has 0 bridgehead atoms. The molecule has 0 saturated carbocycles. The molecule has 3 rings (SSSR count). The number of nitrogens with one attached hydrogen (secondary N) is 2. The van der Waals surface area contributed by atoms with Crippen molar-refractivity contribution in [3.63, 3.8) is 0 Å². The molecule has 0 unspecified atom stereocenters. The summed E-state index contributed by atoms with van der Waals surface area (Å²) in [5.41, 5.74) is 0.588. The van der Waals surface area contributed by atoms with Crippen LogP contribution in [-0.4, -0.2) is 22.4 Å². The molecule has 2 N–H and O–H groups in total. The number of aromatic nitrogens is 2. The molecule has 0 radical (unpaired) electrons. The zero-order valence-corrected chi connectivity index (χ0v) is 18.1. The highest BCUT2D eigenvalue weighted by molar-refractivity contribution is 6.33. The fourth-order valence-electron chi connectivity index (χ4n) is 2.79. The van der Waals surface area contributed by atoms with Gasteiger partial charge in [0.1, 0.15) is 17.6 Å². The summed E-state index contributed by atoms with van der Waals surface area (Å²) in [4.78, 5) is 20.2. The summed E-state index contributed by atoms with van der Waals surface area (Å²) in [6.07, 6.45) is 1.07. The van der Waals surface area contributed by atoms with E-state index in [4.69, 9.17) is 23.2 Å². The number of halogens is 4. The van der Waals surface area contributed by atoms with E-state index in [0.29, 0.717) is 15.6 Å². The summed E-state index contributed by atoms with van der Waals surface area (Å²) >= 11 is 12.0. The van der Waals surface area contributed by atoms with E-state index in [1.165, 1.54) is 30.5 Å². The van der Waals surface area contributed by atoms with Crippen molar-refractivity contribution in [3.05, 3.63) is 87.3 Å². The van der Waals surface area contributed by atoms with Gasteiger partial charge in [-0.1, -0.05) is 29.3 Å². The van der Waals surface area contributed by atoms with Crippen LogP contribution in [0.15, 0.2) is 54.7 Å². The van der Waals surface area contributed by atoms with Crippen molar-refractivity contribution < 1.29 is 13.6 Å². The van der Waals surface area contributed by atoms with E-state index in [1.54, 1.807) is 24.3 Å². The first-order valence-electron chi connectivity index (χ1n) is 9.42. The Bertz CT molecular complexity index is 1150. The molecule has 0 aliphatic heterocycles. The zero-order chi connectivity index (χ0) is 23.1. The number of amides is 1. The van der Waals surface area contributed by atoms with Crippen molar-refractivity contribution in [2.45, 2.75) is 18.9 Å². The number of hydrogen-bond donors (Lipinski definition) is 2. The number of alkyl halides is 2. The first kappa shape index (κ1) is 23.4. The molecule has 0 aliphatic carbocycles. The molecule has 2 heterocycles. The van der Waals surface area contributed by atoms with E-state index in [2.05, 4.69) is 20.6 Å². The SMILES string of the molecule is N#Cc1ccc(NCC(F)(F)c2ccccn2)nc1CC(=O)NCc1cc(Cl)ccc1Cl. The predicted octanol–water partition coefficient (Wildman–Crippen LogP) is 4.72. The van der Waals surface area contributed by atoms with Gasteiger partial charge in [0.25, 0.3) is 0 Å². The number of pyridine rings is 2.